The van der Waals surface area contributed by atoms with Gasteiger partial charge in [-0.05, 0) is 43.7 Å². The monoisotopic (exact) mass is 282 g/mol. The van der Waals surface area contributed by atoms with Crippen LogP contribution in [0.4, 0.5) is 0 Å². The summed E-state index contributed by atoms with van der Waals surface area (Å²) in [7, 11) is 0. The molecule has 0 saturated heterocycles. The molecule has 4 heteroatoms. The number of aliphatic imine (C=N–C) groups is 2. The maximum absolute atomic E-state index is 4.51. The Morgan fingerprint density at radius 2 is 1.39 bits per heavy atom. The average molecular weight is 282 g/mol. The van der Waals surface area contributed by atoms with Crippen LogP contribution in [0.2, 0.25) is 0 Å². The molecule has 0 unspecified atom stereocenters. The third-order valence-corrected chi connectivity index (χ3v) is 2.92. The Hall–Kier alpha value is -0.660. The van der Waals surface area contributed by atoms with Crippen LogP contribution in [0.15, 0.2) is 22.3 Å². The lowest BCUT2D eigenvalue weighted by molar-refractivity contribution is 0.572. The van der Waals surface area contributed by atoms with Gasteiger partial charge in [-0.25, -0.2) is 9.98 Å². The Morgan fingerprint density at radius 3 is 2.00 bits per heavy atom. The highest BCUT2D eigenvalue weighted by molar-refractivity contribution is 7.78. The zero-order valence-electron chi connectivity index (χ0n) is 10.9. The minimum absolute atomic E-state index is 0.847. The quantitative estimate of drug-likeness (QED) is 0.278. The van der Waals surface area contributed by atoms with Crippen LogP contribution >= 0.6 is 24.4 Å². The Balaban J connectivity index is 3.07. The normalized spacial score (nSPS) is 10.0. The number of thiocarbonyl (C=S) groups is 2. The van der Waals surface area contributed by atoms with Crippen LogP contribution in [-0.2, 0) is 0 Å². The van der Waals surface area contributed by atoms with E-state index in [1.54, 1.807) is 6.20 Å². The van der Waals surface area contributed by atoms with Gasteiger partial charge >= 0.3 is 0 Å². The van der Waals surface area contributed by atoms with Crippen LogP contribution < -0.4 is 0 Å². The lowest BCUT2D eigenvalue weighted by atomic mass is 10.1. The van der Waals surface area contributed by atoms with Crippen molar-refractivity contribution < 1.29 is 0 Å². The third kappa shape index (κ3) is 15.3. The summed E-state index contributed by atoms with van der Waals surface area (Å²) in [4.78, 5) is 7.63. The van der Waals surface area contributed by atoms with E-state index in [1.165, 1.54) is 44.9 Å². The Bertz CT molecular complexity index is 301. The van der Waals surface area contributed by atoms with E-state index in [0.29, 0.717) is 0 Å². The first-order valence-electron chi connectivity index (χ1n) is 6.67. The van der Waals surface area contributed by atoms with Gasteiger partial charge in [-0.1, -0.05) is 44.6 Å². The van der Waals surface area contributed by atoms with Crippen molar-refractivity contribution in [3.8, 4) is 0 Å². The van der Waals surface area contributed by atoms with Gasteiger partial charge in [0, 0.05) is 12.7 Å². The minimum Gasteiger partial charge on any atom is -0.233 e. The summed E-state index contributed by atoms with van der Waals surface area (Å²) in [6.07, 6.45) is 15.2. The summed E-state index contributed by atoms with van der Waals surface area (Å²) >= 11 is 8.97. The molecule has 0 fully saturated rings. The van der Waals surface area contributed by atoms with Gasteiger partial charge in [-0.2, -0.15) is 0 Å². The highest BCUT2D eigenvalue weighted by Gasteiger charge is 1.91. The Morgan fingerprint density at radius 1 is 0.778 bits per heavy atom. The molecular weight excluding hydrogens is 260 g/mol. The van der Waals surface area contributed by atoms with Gasteiger partial charge in [0.05, 0.1) is 10.3 Å². The number of isothiocyanates is 2. The fourth-order valence-electron chi connectivity index (χ4n) is 1.72. The average Bonchev–Trinajstić information content (AvgIpc) is 2.39. The van der Waals surface area contributed by atoms with Gasteiger partial charge < -0.3 is 0 Å². The first-order chi connectivity index (χ1) is 8.91. The molecule has 0 aromatic rings. The van der Waals surface area contributed by atoms with Crippen LogP contribution in [-0.4, -0.2) is 16.9 Å². The lowest BCUT2D eigenvalue weighted by Gasteiger charge is -2.00. The molecular formula is C14H22N2S2. The van der Waals surface area contributed by atoms with E-state index < -0.39 is 0 Å². The first kappa shape index (κ1) is 17.3. The molecule has 2 nitrogen and oxygen atoms in total. The standard InChI is InChI=1S/C14H22N2S2/c17-13-15-11-9-7-5-3-1-2-4-6-8-10-12-16-14-18/h9,11H,1-8,10,12H2. The molecule has 0 rings (SSSR count). The Labute approximate surface area is 121 Å². The molecule has 0 aliphatic carbocycles. The minimum atomic E-state index is 0.847. The van der Waals surface area contributed by atoms with Crippen molar-refractivity contribution in [3.05, 3.63) is 12.3 Å². The summed E-state index contributed by atoms with van der Waals surface area (Å²) in [5.74, 6) is 0. The number of rotatable bonds is 12. The molecule has 0 aliphatic heterocycles. The highest BCUT2D eigenvalue weighted by atomic mass is 32.1. The van der Waals surface area contributed by atoms with Gasteiger partial charge in [0.15, 0.2) is 0 Å². The van der Waals surface area contributed by atoms with Crippen molar-refractivity contribution in [2.45, 2.75) is 57.8 Å². The molecule has 0 radical (unpaired) electrons. The molecule has 0 spiro atoms. The van der Waals surface area contributed by atoms with Crippen LogP contribution in [0.25, 0.3) is 0 Å². The maximum Gasteiger partial charge on any atom is 0.0634 e. The van der Waals surface area contributed by atoms with Gasteiger partial charge in [0.2, 0.25) is 0 Å². The molecule has 0 amide bonds. The Kier molecular flexibility index (Phi) is 15.7. The zero-order chi connectivity index (χ0) is 13.3. The highest BCUT2D eigenvalue weighted by Crippen LogP contribution is 2.09. The molecule has 0 N–H and O–H groups in total. The maximum atomic E-state index is 4.51. The fraction of sp³-hybridized carbons (Fsp3) is 0.714. The fourth-order valence-corrected chi connectivity index (χ4v) is 1.87. The first-order valence-corrected chi connectivity index (χ1v) is 7.49. The molecule has 0 heterocycles. The van der Waals surface area contributed by atoms with E-state index in [-0.39, 0.29) is 0 Å². The van der Waals surface area contributed by atoms with Crippen LogP contribution in [0.3, 0.4) is 0 Å². The smallest absolute Gasteiger partial charge is 0.0634 e. The van der Waals surface area contributed by atoms with E-state index in [1.807, 2.05) is 0 Å². The van der Waals surface area contributed by atoms with Crippen molar-refractivity contribution >= 4 is 34.8 Å². The van der Waals surface area contributed by atoms with Crippen molar-refractivity contribution in [3.63, 3.8) is 0 Å². The van der Waals surface area contributed by atoms with E-state index >= 15 is 0 Å². The van der Waals surface area contributed by atoms with Crippen LogP contribution in [0.1, 0.15) is 57.8 Å². The molecule has 0 atom stereocenters. The molecule has 18 heavy (non-hydrogen) atoms. The molecule has 0 bridgehead atoms. The van der Waals surface area contributed by atoms with Crippen LogP contribution in [0, 0.1) is 0 Å². The topological polar surface area (TPSA) is 24.7 Å². The van der Waals surface area contributed by atoms with Crippen LogP contribution in [0.5, 0.6) is 0 Å². The lowest BCUT2D eigenvalue weighted by Crippen LogP contribution is -1.83. The molecule has 0 aromatic heterocycles. The van der Waals surface area contributed by atoms with Crippen molar-refractivity contribution in [1.82, 2.24) is 0 Å². The molecule has 0 aromatic carbocycles. The number of hydrogen-bond donors (Lipinski definition) is 0. The van der Waals surface area contributed by atoms with E-state index in [2.05, 4.69) is 50.8 Å². The predicted octanol–water partition coefficient (Wildman–Crippen LogP) is 5.22. The molecule has 0 aliphatic rings. The third-order valence-electron chi connectivity index (χ3n) is 2.69. The second-order valence-electron chi connectivity index (χ2n) is 4.20. The number of hydrogen-bond acceptors (Lipinski definition) is 4. The van der Waals surface area contributed by atoms with E-state index in [4.69, 9.17) is 0 Å². The summed E-state index contributed by atoms with van der Waals surface area (Å²) in [6.45, 7) is 0.847. The SMILES string of the molecule is S=C=NC=CCCCCCCCCCCN=C=S. The molecule has 100 valence electrons. The van der Waals surface area contributed by atoms with Gasteiger partial charge in [-0.3, -0.25) is 0 Å². The van der Waals surface area contributed by atoms with Gasteiger partial charge in [-0.15, -0.1) is 0 Å². The van der Waals surface area contributed by atoms with Crippen molar-refractivity contribution in [1.29, 1.82) is 0 Å². The largest absolute Gasteiger partial charge is 0.233 e. The predicted molar refractivity (Wildman–Crippen MR) is 85.6 cm³/mol. The summed E-state index contributed by atoms with van der Waals surface area (Å²) in [6, 6.07) is 0. The van der Waals surface area contributed by atoms with Crippen molar-refractivity contribution in [2.75, 3.05) is 6.54 Å². The number of unbranched alkanes of at least 4 members (excludes halogenated alkanes) is 8. The summed E-state index contributed by atoms with van der Waals surface area (Å²) in [5, 5.41) is 4.71. The van der Waals surface area contributed by atoms with Gasteiger partial charge in [0.25, 0.3) is 0 Å². The zero-order valence-corrected chi connectivity index (χ0v) is 12.6. The second-order valence-corrected chi connectivity index (χ2v) is 4.56. The number of nitrogens with zero attached hydrogens (tertiary/aromatic N) is 2. The van der Waals surface area contributed by atoms with Gasteiger partial charge in [0.1, 0.15) is 0 Å². The van der Waals surface area contributed by atoms with E-state index in [9.17, 15) is 0 Å². The summed E-state index contributed by atoms with van der Waals surface area (Å²) < 4.78 is 0. The summed E-state index contributed by atoms with van der Waals surface area (Å²) in [5.41, 5.74) is 0. The number of allylic oxidation sites excluding steroid dienone is 1. The molecule has 0 saturated carbocycles. The van der Waals surface area contributed by atoms with E-state index in [0.717, 1.165) is 19.4 Å². The van der Waals surface area contributed by atoms with Crippen molar-refractivity contribution in [2.24, 2.45) is 9.98 Å². The second kappa shape index (κ2) is 16.3.